The molecule has 0 bridgehead atoms. The van der Waals surface area contributed by atoms with Gasteiger partial charge in [0.2, 0.25) is 5.91 Å². The first-order valence-corrected chi connectivity index (χ1v) is 5.66. The van der Waals surface area contributed by atoms with Crippen molar-refractivity contribution in [1.82, 2.24) is 5.32 Å². The van der Waals surface area contributed by atoms with Crippen LogP contribution in [0.25, 0.3) is 6.08 Å². The molecule has 1 aromatic carbocycles. The van der Waals surface area contributed by atoms with Gasteiger partial charge in [-0.1, -0.05) is 12.1 Å². The lowest BCUT2D eigenvalue weighted by molar-refractivity contribution is -0.117. The molecule has 1 unspecified atom stereocenters. The summed E-state index contributed by atoms with van der Waals surface area (Å²) in [6, 6.07) is 7.54. The van der Waals surface area contributed by atoms with E-state index in [1.807, 2.05) is 24.3 Å². The van der Waals surface area contributed by atoms with Gasteiger partial charge in [0.1, 0.15) is 0 Å². The van der Waals surface area contributed by atoms with E-state index in [1.54, 1.807) is 6.08 Å². The van der Waals surface area contributed by atoms with E-state index >= 15 is 0 Å². The number of carbonyl (C=O) groups excluding carboxylic acids is 1. The van der Waals surface area contributed by atoms with Crippen LogP contribution in [0.1, 0.15) is 12.0 Å². The molecule has 0 aliphatic carbocycles. The minimum absolute atomic E-state index is 0.0945. The summed E-state index contributed by atoms with van der Waals surface area (Å²) < 4.78 is 5.18. The largest absolute Gasteiger partial charge is 0.399 e. The van der Waals surface area contributed by atoms with Crippen LogP contribution < -0.4 is 11.1 Å². The van der Waals surface area contributed by atoms with Gasteiger partial charge in [0.25, 0.3) is 0 Å². The molecule has 3 N–H and O–H groups in total. The van der Waals surface area contributed by atoms with Gasteiger partial charge in [-0.25, -0.2) is 0 Å². The molecule has 1 heterocycles. The zero-order valence-electron chi connectivity index (χ0n) is 9.56. The SMILES string of the molecule is Nc1cccc(/C=C/C(=O)NC2CCOC2)c1. The molecule has 90 valence electrons. The van der Waals surface area contributed by atoms with Crippen LogP contribution in [0.2, 0.25) is 0 Å². The molecular formula is C13H16N2O2. The number of ether oxygens (including phenoxy) is 1. The number of nitrogens with two attached hydrogens (primary N) is 1. The molecule has 1 fully saturated rings. The first-order chi connectivity index (χ1) is 8.24. The zero-order chi connectivity index (χ0) is 12.1. The standard InChI is InChI=1S/C13H16N2O2/c14-11-3-1-2-10(8-11)4-5-13(16)15-12-6-7-17-9-12/h1-5,8,12H,6-7,9,14H2,(H,15,16)/b5-4+. The predicted molar refractivity (Wildman–Crippen MR) is 67.3 cm³/mol. The number of anilines is 1. The molecule has 0 spiro atoms. The maximum atomic E-state index is 11.6. The lowest BCUT2D eigenvalue weighted by atomic mass is 10.2. The summed E-state index contributed by atoms with van der Waals surface area (Å²) in [4.78, 5) is 11.6. The van der Waals surface area contributed by atoms with Gasteiger partial charge in [-0.2, -0.15) is 0 Å². The van der Waals surface area contributed by atoms with Crippen molar-refractivity contribution in [2.75, 3.05) is 18.9 Å². The highest BCUT2D eigenvalue weighted by Gasteiger charge is 2.16. The Balaban J connectivity index is 1.89. The minimum atomic E-state index is -0.0945. The molecule has 1 aliphatic rings. The molecule has 4 nitrogen and oxygen atoms in total. The molecule has 1 atom stereocenters. The topological polar surface area (TPSA) is 64.4 Å². The Morgan fingerprint density at radius 1 is 1.53 bits per heavy atom. The Hall–Kier alpha value is -1.81. The van der Waals surface area contributed by atoms with E-state index in [1.165, 1.54) is 6.08 Å². The van der Waals surface area contributed by atoms with Crippen LogP contribution >= 0.6 is 0 Å². The summed E-state index contributed by atoms with van der Waals surface area (Å²) in [5.41, 5.74) is 7.26. The average Bonchev–Trinajstić information content (AvgIpc) is 2.79. The van der Waals surface area contributed by atoms with E-state index in [4.69, 9.17) is 10.5 Å². The van der Waals surface area contributed by atoms with Gasteiger partial charge in [0.05, 0.1) is 12.6 Å². The smallest absolute Gasteiger partial charge is 0.244 e. The minimum Gasteiger partial charge on any atom is -0.399 e. The highest BCUT2D eigenvalue weighted by Crippen LogP contribution is 2.08. The van der Waals surface area contributed by atoms with Crippen LogP contribution in [0.3, 0.4) is 0 Å². The van der Waals surface area contributed by atoms with Crippen LogP contribution in [-0.2, 0) is 9.53 Å². The van der Waals surface area contributed by atoms with Gasteiger partial charge in [-0.05, 0) is 30.2 Å². The third-order valence-electron chi connectivity index (χ3n) is 2.61. The van der Waals surface area contributed by atoms with E-state index in [-0.39, 0.29) is 11.9 Å². The lowest BCUT2D eigenvalue weighted by Gasteiger charge is -2.07. The highest BCUT2D eigenvalue weighted by molar-refractivity contribution is 5.92. The number of hydrogen-bond donors (Lipinski definition) is 2. The Morgan fingerprint density at radius 2 is 2.41 bits per heavy atom. The van der Waals surface area contributed by atoms with Gasteiger partial charge in [-0.15, -0.1) is 0 Å². The number of rotatable bonds is 3. The van der Waals surface area contributed by atoms with Gasteiger partial charge in [-0.3, -0.25) is 4.79 Å². The monoisotopic (exact) mass is 232 g/mol. The van der Waals surface area contributed by atoms with Crippen LogP contribution in [-0.4, -0.2) is 25.2 Å². The van der Waals surface area contributed by atoms with Crippen LogP contribution in [0, 0.1) is 0 Å². The molecule has 1 aliphatic heterocycles. The van der Waals surface area contributed by atoms with Gasteiger partial charge >= 0.3 is 0 Å². The summed E-state index contributed by atoms with van der Waals surface area (Å²) in [5, 5.41) is 2.88. The van der Waals surface area contributed by atoms with Crippen molar-refractivity contribution >= 4 is 17.7 Å². The Morgan fingerprint density at radius 3 is 3.12 bits per heavy atom. The third kappa shape index (κ3) is 3.60. The average molecular weight is 232 g/mol. The number of carbonyl (C=O) groups is 1. The number of nitrogen functional groups attached to an aromatic ring is 1. The fourth-order valence-corrected chi connectivity index (χ4v) is 1.73. The van der Waals surface area contributed by atoms with E-state index in [9.17, 15) is 4.79 Å². The molecule has 4 heteroatoms. The van der Waals surface area contributed by atoms with E-state index in [0.717, 1.165) is 18.6 Å². The van der Waals surface area contributed by atoms with Gasteiger partial charge in [0.15, 0.2) is 0 Å². The second kappa shape index (κ2) is 5.50. The van der Waals surface area contributed by atoms with Crippen molar-refractivity contribution in [3.05, 3.63) is 35.9 Å². The summed E-state index contributed by atoms with van der Waals surface area (Å²) in [6.45, 7) is 1.34. The van der Waals surface area contributed by atoms with Crippen molar-refractivity contribution in [2.45, 2.75) is 12.5 Å². The number of amides is 1. The first-order valence-electron chi connectivity index (χ1n) is 5.66. The number of nitrogens with one attached hydrogen (secondary N) is 1. The maximum Gasteiger partial charge on any atom is 0.244 e. The lowest BCUT2D eigenvalue weighted by Crippen LogP contribution is -2.33. The van der Waals surface area contributed by atoms with Gasteiger partial charge < -0.3 is 15.8 Å². The predicted octanol–water partition coefficient (Wildman–Crippen LogP) is 1.19. The van der Waals surface area contributed by atoms with Crippen molar-refractivity contribution in [1.29, 1.82) is 0 Å². The van der Waals surface area contributed by atoms with Crippen LogP contribution in [0.4, 0.5) is 5.69 Å². The van der Waals surface area contributed by atoms with Crippen LogP contribution in [0.5, 0.6) is 0 Å². The second-order valence-electron chi connectivity index (χ2n) is 4.07. The zero-order valence-corrected chi connectivity index (χ0v) is 9.56. The van der Waals surface area contributed by atoms with Crippen molar-refractivity contribution < 1.29 is 9.53 Å². The van der Waals surface area contributed by atoms with E-state index in [0.29, 0.717) is 12.3 Å². The summed E-state index contributed by atoms with van der Waals surface area (Å²) in [5.74, 6) is -0.0945. The second-order valence-corrected chi connectivity index (χ2v) is 4.07. The first kappa shape index (κ1) is 11.7. The molecule has 0 aromatic heterocycles. The van der Waals surface area contributed by atoms with Gasteiger partial charge in [0, 0.05) is 18.4 Å². The molecule has 2 rings (SSSR count). The normalized spacial score (nSPS) is 19.6. The molecule has 1 saturated heterocycles. The maximum absolute atomic E-state index is 11.6. The Labute approximate surface area is 100 Å². The third-order valence-corrected chi connectivity index (χ3v) is 2.61. The molecule has 0 saturated carbocycles. The van der Waals surface area contributed by atoms with Crippen molar-refractivity contribution in [3.8, 4) is 0 Å². The molecule has 0 radical (unpaired) electrons. The summed E-state index contributed by atoms with van der Waals surface area (Å²) >= 11 is 0. The summed E-state index contributed by atoms with van der Waals surface area (Å²) in [7, 11) is 0. The van der Waals surface area contributed by atoms with E-state index in [2.05, 4.69) is 5.32 Å². The molecule has 17 heavy (non-hydrogen) atoms. The number of benzene rings is 1. The molecular weight excluding hydrogens is 216 g/mol. The highest BCUT2D eigenvalue weighted by atomic mass is 16.5. The Kier molecular flexibility index (Phi) is 3.77. The quantitative estimate of drug-likeness (QED) is 0.607. The Bertz CT molecular complexity index is 423. The summed E-state index contributed by atoms with van der Waals surface area (Å²) in [6.07, 6.45) is 4.16. The van der Waals surface area contributed by atoms with E-state index < -0.39 is 0 Å². The van der Waals surface area contributed by atoms with Crippen molar-refractivity contribution in [2.24, 2.45) is 0 Å². The molecule has 1 amide bonds. The number of hydrogen-bond acceptors (Lipinski definition) is 3. The fraction of sp³-hybridized carbons (Fsp3) is 0.308. The van der Waals surface area contributed by atoms with Crippen molar-refractivity contribution in [3.63, 3.8) is 0 Å². The fourth-order valence-electron chi connectivity index (χ4n) is 1.73. The van der Waals surface area contributed by atoms with Crippen LogP contribution in [0.15, 0.2) is 30.3 Å². The molecule has 1 aromatic rings.